The highest BCUT2D eigenvalue weighted by atomic mass is 32.2. The highest BCUT2D eigenvalue weighted by Crippen LogP contribution is 2.31. The van der Waals surface area contributed by atoms with Gasteiger partial charge in [0.1, 0.15) is 0 Å². The second kappa shape index (κ2) is 10.2. The third-order valence-electron chi connectivity index (χ3n) is 7.69. The summed E-state index contributed by atoms with van der Waals surface area (Å²) in [7, 11) is -3.59. The van der Waals surface area contributed by atoms with Gasteiger partial charge < -0.3 is 10.1 Å². The van der Waals surface area contributed by atoms with E-state index in [9.17, 15) is 13.2 Å². The van der Waals surface area contributed by atoms with Crippen molar-refractivity contribution in [3.8, 4) is 0 Å². The van der Waals surface area contributed by atoms with Crippen LogP contribution in [0.25, 0.3) is 0 Å². The minimum Gasteiger partial charge on any atom is -0.373 e. The standard InChI is InChI=1S/C26H43N3O4S/c1-17-13-18(2)22(6)24(21(17)5)34(31,32)29-11-9-23(10-12-29)25(30)27-16-26(7,8)28-14-19(3)33-20(4)15-28/h13,19-20,23H,9-12,14-16H2,1-8H3,(H,27,30)/t19-,20-/m0/s1. The van der Waals surface area contributed by atoms with Gasteiger partial charge in [-0.25, -0.2) is 8.42 Å². The molecule has 2 aliphatic heterocycles. The Bertz CT molecular complexity index is 977. The number of rotatable bonds is 6. The van der Waals surface area contributed by atoms with Crippen LogP contribution in [0.3, 0.4) is 0 Å². The minimum atomic E-state index is -3.59. The zero-order chi connectivity index (χ0) is 25.4. The molecule has 192 valence electrons. The number of nitrogens with one attached hydrogen (secondary N) is 1. The number of ether oxygens (including phenoxy) is 1. The zero-order valence-corrected chi connectivity index (χ0v) is 23.0. The predicted molar refractivity (Wildman–Crippen MR) is 136 cm³/mol. The molecule has 2 saturated heterocycles. The number of sulfonamides is 1. The van der Waals surface area contributed by atoms with Crippen molar-refractivity contribution in [3.63, 3.8) is 0 Å². The van der Waals surface area contributed by atoms with Crippen molar-refractivity contribution in [2.75, 3.05) is 32.7 Å². The molecule has 8 heteroatoms. The van der Waals surface area contributed by atoms with Crippen LogP contribution in [-0.2, 0) is 19.6 Å². The fourth-order valence-electron chi connectivity index (χ4n) is 5.29. The lowest BCUT2D eigenvalue weighted by Gasteiger charge is -2.45. The van der Waals surface area contributed by atoms with Gasteiger partial charge in [0, 0.05) is 44.2 Å². The van der Waals surface area contributed by atoms with Crippen molar-refractivity contribution in [2.24, 2.45) is 5.92 Å². The number of piperidine rings is 1. The van der Waals surface area contributed by atoms with Gasteiger partial charge in [0.05, 0.1) is 17.1 Å². The van der Waals surface area contributed by atoms with Crippen LogP contribution in [0.4, 0.5) is 0 Å². The van der Waals surface area contributed by atoms with Crippen LogP contribution in [0.2, 0.25) is 0 Å². The molecule has 2 aliphatic rings. The van der Waals surface area contributed by atoms with Crippen LogP contribution >= 0.6 is 0 Å². The molecule has 1 amide bonds. The van der Waals surface area contributed by atoms with E-state index in [1.54, 1.807) is 4.31 Å². The van der Waals surface area contributed by atoms with Crippen molar-refractivity contribution in [3.05, 3.63) is 28.3 Å². The lowest BCUT2D eigenvalue weighted by molar-refractivity contribution is -0.127. The number of nitrogens with zero attached hydrogens (tertiary/aromatic N) is 2. The fraction of sp³-hybridized carbons (Fsp3) is 0.731. The molecule has 0 aromatic heterocycles. The molecule has 1 N–H and O–H groups in total. The molecule has 0 bridgehead atoms. The lowest BCUT2D eigenvalue weighted by atomic mass is 9.95. The molecule has 1 aromatic carbocycles. The lowest BCUT2D eigenvalue weighted by Crippen LogP contribution is -2.59. The monoisotopic (exact) mass is 493 g/mol. The maximum atomic E-state index is 13.5. The maximum absolute atomic E-state index is 13.5. The summed E-state index contributed by atoms with van der Waals surface area (Å²) in [6, 6.07) is 2.04. The van der Waals surface area contributed by atoms with E-state index >= 15 is 0 Å². The first-order valence-electron chi connectivity index (χ1n) is 12.5. The van der Waals surface area contributed by atoms with Crippen LogP contribution < -0.4 is 5.32 Å². The maximum Gasteiger partial charge on any atom is 0.243 e. The van der Waals surface area contributed by atoms with Gasteiger partial charge in [0.2, 0.25) is 15.9 Å². The fourth-order valence-corrected chi connectivity index (χ4v) is 7.33. The van der Waals surface area contributed by atoms with Crippen LogP contribution in [-0.4, -0.2) is 74.0 Å². The van der Waals surface area contributed by atoms with E-state index in [0.717, 1.165) is 35.3 Å². The molecule has 2 heterocycles. The average molecular weight is 494 g/mol. The van der Waals surface area contributed by atoms with Gasteiger partial charge in [-0.05, 0) is 90.5 Å². The van der Waals surface area contributed by atoms with E-state index in [1.165, 1.54) is 0 Å². The third-order valence-corrected chi connectivity index (χ3v) is 9.86. The summed E-state index contributed by atoms with van der Waals surface area (Å²) < 4.78 is 34.4. The number of carbonyl (C=O) groups is 1. The molecule has 2 atom stereocenters. The predicted octanol–water partition coefficient (Wildman–Crippen LogP) is 3.32. The molecule has 0 aliphatic carbocycles. The average Bonchev–Trinajstić information content (AvgIpc) is 2.75. The Kier molecular flexibility index (Phi) is 8.17. The van der Waals surface area contributed by atoms with Crippen molar-refractivity contribution in [1.82, 2.24) is 14.5 Å². The highest BCUT2D eigenvalue weighted by Gasteiger charge is 2.36. The van der Waals surface area contributed by atoms with Gasteiger partial charge >= 0.3 is 0 Å². The zero-order valence-electron chi connectivity index (χ0n) is 22.2. The Morgan fingerprint density at radius 3 is 2.03 bits per heavy atom. The van der Waals surface area contributed by atoms with Gasteiger partial charge in [-0.3, -0.25) is 9.69 Å². The quantitative estimate of drug-likeness (QED) is 0.658. The molecule has 34 heavy (non-hydrogen) atoms. The molecule has 0 unspecified atom stereocenters. The van der Waals surface area contributed by atoms with E-state index in [0.29, 0.717) is 37.4 Å². The van der Waals surface area contributed by atoms with E-state index in [4.69, 9.17) is 4.74 Å². The van der Waals surface area contributed by atoms with Gasteiger partial charge in [-0.2, -0.15) is 4.31 Å². The summed E-state index contributed by atoms with van der Waals surface area (Å²) in [5.74, 6) is -0.135. The molecule has 0 spiro atoms. The second-order valence-corrected chi connectivity index (χ2v) is 12.8. The third kappa shape index (κ3) is 5.66. The highest BCUT2D eigenvalue weighted by molar-refractivity contribution is 7.89. The molecule has 7 nitrogen and oxygen atoms in total. The Balaban J connectivity index is 1.60. The summed E-state index contributed by atoms with van der Waals surface area (Å²) >= 11 is 0. The van der Waals surface area contributed by atoms with E-state index in [-0.39, 0.29) is 29.6 Å². The molecular weight excluding hydrogens is 450 g/mol. The van der Waals surface area contributed by atoms with Crippen LogP contribution in [0.1, 0.15) is 62.8 Å². The van der Waals surface area contributed by atoms with Crippen molar-refractivity contribution in [1.29, 1.82) is 0 Å². The first-order valence-corrected chi connectivity index (χ1v) is 13.9. The number of carbonyl (C=O) groups excluding carboxylic acids is 1. The van der Waals surface area contributed by atoms with Crippen LogP contribution in [0.5, 0.6) is 0 Å². The summed E-state index contributed by atoms with van der Waals surface area (Å²) in [4.78, 5) is 15.8. The molecule has 3 rings (SSSR count). The van der Waals surface area contributed by atoms with Crippen LogP contribution in [0.15, 0.2) is 11.0 Å². The van der Waals surface area contributed by atoms with Gasteiger partial charge in [-0.15, -0.1) is 0 Å². The normalized spacial score (nSPS) is 23.8. The van der Waals surface area contributed by atoms with E-state index in [1.807, 2.05) is 33.8 Å². The van der Waals surface area contributed by atoms with Crippen molar-refractivity contribution >= 4 is 15.9 Å². The van der Waals surface area contributed by atoms with Crippen LogP contribution in [0, 0.1) is 33.6 Å². The smallest absolute Gasteiger partial charge is 0.243 e. The topological polar surface area (TPSA) is 79.0 Å². The first-order chi connectivity index (χ1) is 15.7. The number of hydrogen-bond donors (Lipinski definition) is 1. The summed E-state index contributed by atoms with van der Waals surface area (Å²) in [6.07, 6.45) is 1.43. The number of morpholine rings is 1. The molecule has 0 saturated carbocycles. The number of aryl methyl sites for hydroxylation is 2. The molecule has 0 radical (unpaired) electrons. The number of hydrogen-bond acceptors (Lipinski definition) is 5. The number of benzene rings is 1. The number of amides is 1. The first kappa shape index (κ1) is 27.1. The Labute approximate surface area is 206 Å². The minimum absolute atomic E-state index is 0.0261. The van der Waals surface area contributed by atoms with E-state index in [2.05, 4.69) is 37.9 Å². The van der Waals surface area contributed by atoms with Gasteiger partial charge in [-0.1, -0.05) is 6.07 Å². The molecule has 1 aromatic rings. The Morgan fingerprint density at radius 1 is 1.03 bits per heavy atom. The van der Waals surface area contributed by atoms with E-state index < -0.39 is 10.0 Å². The summed E-state index contributed by atoms with van der Waals surface area (Å²) in [5, 5.41) is 3.15. The largest absolute Gasteiger partial charge is 0.373 e. The molecule has 2 fully saturated rings. The summed E-state index contributed by atoms with van der Waals surface area (Å²) in [5.41, 5.74) is 3.43. The summed E-state index contributed by atoms with van der Waals surface area (Å²) in [6.45, 7) is 19.1. The Hall–Kier alpha value is -1.48. The van der Waals surface area contributed by atoms with Crippen molar-refractivity contribution < 1.29 is 17.9 Å². The molecular formula is C26H43N3O4S. The second-order valence-electron chi connectivity index (χ2n) is 11.0. The van der Waals surface area contributed by atoms with Gasteiger partial charge in [0.15, 0.2) is 0 Å². The SMILES string of the molecule is Cc1cc(C)c(C)c(S(=O)(=O)N2CCC(C(=O)NCC(C)(C)N3C[C@H](C)O[C@@H](C)C3)CC2)c1C. The van der Waals surface area contributed by atoms with Gasteiger partial charge in [0.25, 0.3) is 0 Å². The Morgan fingerprint density at radius 2 is 1.53 bits per heavy atom. The van der Waals surface area contributed by atoms with Crippen molar-refractivity contribution in [2.45, 2.75) is 90.9 Å².